The molecule has 26 heteroatoms. The predicted octanol–water partition coefficient (Wildman–Crippen LogP) is 3.94. The summed E-state index contributed by atoms with van der Waals surface area (Å²) < 4.78 is 52.2. The number of likely N-dealkylation sites (tertiary alicyclic amines) is 1. The summed E-state index contributed by atoms with van der Waals surface area (Å²) in [6.07, 6.45) is 0.742. The van der Waals surface area contributed by atoms with E-state index in [0.717, 1.165) is 22.5 Å². The topological polar surface area (TPSA) is 300 Å². The van der Waals surface area contributed by atoms with Gasteiger partial charge in [0.1, 0.15) is 48.1 Å². The summed E-state index contributed by atoms with van der Waals surface area (Å²) in [4.78, 5) is 105. The fraction of sp³-hybridized carbons (Fsp3) is 0.356. The molecule has 0 aliphatic carbocycles. The molecule has 1 atom stereocenters. The predicted molar refractivity (Wildman–Crippen MR) is 253 cm³/mol. The highest BCUT2D eigenvalue weighted by Gasteiger charge is 2.44. The van der Waals surface area contributed by atoms with Crippen molar-refractivity contribution in [3.05, 3.63) is 106 Å². The number of urea groups is 1. The third-order valence-corrected chi connectivity index (χ3v) is 11.3. The van der Waals surface area contributed by atoms with Crippen LogP contribution in [0.4, 0.5) is 14.7 Å². The molecule has 24 nitrogen and oxygen atoms in total. The van der Waals surface area contributed by atoms with Crippen LogP contribution < -0.4 is 30.5 Å². The summed E-state index contributed by atoms with van der Waals surface area (Å²) in [7, 11) is -5.24. The number of anilines is 1. The second-order valence-corrected chi connectivity index (χ2v) is 20.2. The highest BCUT2D eigenvalue weighted by atomic mass is 32.2. The van der Waals surface area contributed by atoms with Crippen LogP contribution >= 0.6 is 11.3 Å². The van der Waals surface area contributed by atoms with Crippen molar-refractivity contribution in [3.63, 3.8) is 0 Å². The number of nitrogens with zero attached hydrogens (tertiary/aromatic N) is 7. The van der Waals surface area contributed by atoms with Crippen molar-refractivity contribution in [2.24, 2.45) is 5.16 Å². The van der Waals surface area contributed by atoms with Crippen LogP contribution in [-0.2, 0) is 63.5 Å². The number of hydrogen-bond acceptors (Lipinski definition) is 19. The van der Waals surface area contributed by atoms with Crippen molar-refractivity contribution in [3.8, 4) is 23.0 Å². The first-order chi connectivity index (χ1) is 33.3. The number of oxime groups is 1. The molecule has 3 aromatic heterocycles. The van der Waals surface area contributed by atoms with Gasteiger partial charge in [-0.2, -0.15) is 8.42 Å². The average molecular weight is 1020 g/mol. The van der Waals surface area contributed by atoms with Crippen molar-refractivity contribution < 1.29 is 61.0 Å². The SMILES string of the molecule is CC(C)(C)OC(=O)Nc1nc(/C(=N/OC(C)(C)C(=O)OC(C)(C)C)C(=O)N[C@H]2CN(C(=O)NS(=O)(=O)n3nc(-c4cc(OCc5ccccc5)c(OCc5ccccc5)cn4)n(CC=O)c3=O)C2=O)cs1. The van der Waals surface area contributed by atoms with Gasteiger partial charge in [0.25, 0.3) is 11.8 Å². The standard InChI is InChI=1S/C45H50N10O14S2/c1-43(2,3)67-38(59)45(7,8)69-51-34(31-26-70-39(48-31)49-41(61)68-44(4,5)6)36(57)47-30-23-54(37(30)58)40(60)52-71(63,64)55-42(62)53(19-20-56)35(50-55)29-21-32(65-24-27-15-11-9-12-16-27)33(22-46-29)66-25-28-17-13-10-14-18-28/h9-18,20-22,26,30H,19,23-25H2,1-8H3,(H,47,57)(H,52,60)(H,48,49,61)/b51-34-/t30-/m0/s1. The van der Waals surface area contributed by atoms with E-state index in [-0.39, 0.29) is 45.3 Å². The molecule has 0 unspecified atom stereocenters. The first kappa shape index (κ1) is 52.4. The minimum Gasteiger partial charge on any atom is -0.485 e. The van der Waals surface area contributed by atoms with Crippen molar-refractivity contribution >= 4 is 68.6 Å². The minimum absolute atomic E-state index is 0.0250. The summed E-state index contributed by atoms with van der Waals surface area (Å²) in [5, 5.41) is 13.9. The zero-order valence-corrected chi connectivity index (χ0v) is 41.3. The molecule has 5 amide bonds. The lowest BCUT2D eigenvalue weighted by Crippen LogP contribution is -2.68. The van der Waals surface area contributed by atoms with Crippen LogP contribution in [0.2, 0.25) is 0 Å². The number of aldehydes is 1. The second kappa shape index (κ2) is 21.3. The van der Waals surface area contributed by atoms with Crippen molar-refractivity contribution in [1.82, 2.24) is 38.7 Å². The van der Waals surface area contributed by atoms with Gasteiger partial charge in [0, 0.05) is 11.4 Å². The molecule has 376 valence electrons. The lowest BCUT2D eigenvalue weighted by Gasteiger charge is -2.36. The Hall–Kier alpha value is -8.00. The van der Waals surface area contributed by atoms with Crippen LogP contribution in [0, 0.1) is 0 Å². The summed E-state index contributed by atoms with van der Waals surface area (Å²) in [5.41, 5.74) is -4.14. The molecule has 1 aliphatic heterocycles. The smallest absolute Gasteiger partial charge is 0.413 e. The van der Waals surface area contributed by atoms with E-state index in [9.17, 15) is 42.0 Å². The maximum Gasteiger partial charge on any atom is 0.413 e. The number of hydrogen-bond donors (Lipinski definition) is 3. The molecule has 0 radical (unpaired) electrons. The Morgan fingerprint density at radius 2 is 1.48 bits per heavy atom. The molecule has 2 aromatic carbocycles. The van der Waals surface area contributed by atoms with Crippen LogP contribution in [0.25, 0.3) is 11.5 Å². The number of carbonyl (C=O) groups is 6. The molecule has 71 heavy (non-hydrogen) atoms. The number of β-lactam (4-membered cyclic amide) rings is 1. The van der Waals surface area contributed by atoms with Crippen molar-refractivity contribution in [1.29, 1.82) is 0 Å². The molecule has 3 N–H and O–H groups in total. The number of amides is 5. The zero-order chi connectivity index (χ0) is 51.9. The molecular weight excluding hydrogens is 969 g/mol. The van der Waals surface area contributed by atoms with Crippen LogP contribution in [0.3, 0.4) is 0 Å². The second-order valence-electron chi connectivity index (χ2n) is 17.9. The zero-order valence-electron chi connectivity index (χ0n) is 39.7. The largest absolute Gasteiger partial charge is 0.485 e. The number of ether oxygens (including phenoxy) is 4. The summed E-state index contributed by atoms with van der Waals surface area (Å²) >= 11 is 0.873. The fourth-order valence-electron chi connectivity index (χ4n) is 5.99. The molecule has 1 fully saturated rings. The number of pyridine rings is 1. The van der Waals surface area contributed by atoms with E-state index >= 15 is 0 Å². The third kappa shape index (κ3) is 13.6. The Morgan fingerprint density at radius 3 is 2.06 bits per heavy atom. The molecule has 0 saturated carbocycles. The normalized spacial score (nSPS) is 14.1. The highest BCUT2D eigenvalue weighted by Crippen LogP contribution is 2.32. The summed E-state index contributed by atoms with van der Waals surface area (Å²) in [6, 6.07) is 16.7. The third-order valence-electron chi connectivity index (χ3n) is 9.38. The van der Waals surface area contributed by atoms with Gasteiger partial charge in [-0.15, -0.1) is 16.4 Å². The molecule has 0 spiro atoms. The first-order valence-corrected chi connectivity index (χ1v) is 23.8. The molecule has 5 aromatic rings. The molecule has 1 aliphatic rings. The summed E-state index contributed by atoms with van der Waals surface area (Å²) in [6.45, 7) is 11.4. The van der Waals surface area contributed by atoms with E-state index in [1.165, 1.54) is 31.5 Å². The number of carbonyl (C=O) groups excluding carboxylic acids is 6. The molecule has 6 rings (SSSR count). The molecular formula is C45H50N10O14S2. The number of imide groups is 1. The van der Waals surface area contributed by atoms with Gasteiger partial charge in [0.2, 0.25) is 5.60 Å². The van der Waals surface area contributed by atoms with Gasteiger partial charge < -0.3 is 33.9 Å². The van der Waals surface area contributed by atoms with Gasteiger partial charge in [0.05, 0.1) is 19.3 Å². The van der Waals surface area contributed by atoms with Gasteiger partial charge in [0.15, 0.2) is 28.2 Å². The van der Waals surface area contributed by atoms with Crippen LogP contribution in [0.5, 0.6) is 11.5 Å². The number of nitrogens with one attached hydrogen (secondary N) is 3. The number of aromatic nitrogens is 5. The van der Waals surface area contributed by atoms with E-state index in [2.05, 4.69) is 30.9 Å². The van der Waals surface area contributed by atoms with E-state index in [0.29, 0.717) is 15.8 Å². The molecule has 4 heterocycles. The Morgan fingerprint density at radius 1 is 0.873 bits per heavy atom. The number of rotatable bonds is 18. The minimum atomic E-state index is -5.24. The highest BCUT2D eigenvalue weighted by molar-refractivity contribution is 7.88. The van der Waals surface area contributed by atoms with Crippen LogP contribution in [0.15, 0.2) is 88.3 Å². The number of thiazole rings is 1. The van der Waals surface area contributed by atoms with E-state index < -0.39 is 93.3 Å². The van der Waals surface area contributed by atoms with Crippen LogP contribution in [-0.4, -0.2) is 108 Å². The number of benzene rings is 2. The lowest BCUT2D eigenvalue weighted by atomic mass is 10.1. The molecule has 0 bridgehead atoms. The summed E-state index contributed by atoms with van der Waals surface area (Å²) in [5.74, 6) is -3.12. The number of esters is 1. The lowest BCUT2D eigenvalue weighted by molar-refractivity contribution is -0.179. The van der Waals surface area contributed by atoms with Gasteiger partial charge in [-0.3, -0.25) is 24.4 Å². The van der Waals surface area contributed by atoms with Crippen molar-refractivity contribution in [2.45, 2.75) is 98.0 Å². The Balaban J connectivity index is 1.19. The first-order valence-electron chi connectivity index (χ1n) is 21.5. The average Bonchev–Trinajstić information content (AvgIpc) is 3.89. The van der Waals surface area contributed by atoms with E-state index in [4.69, 9.17) is 23.8 Å². The fourth-order valence-corrected chi connectivity index (χ4v) is 7.57. The van der Waals surface area contributed by atoms with Gasteiger partial charge in [-0.05, 0) is 66.5 Å². The van der Waals surface area contributed by atoms with E-state index in [1.54, 1.807) is 46.3 Å². The Bertz CT molecular complexity index is 3010. The van der Waals surface area contributed by atoms with Gasteiger partial charge in [-0.1, -0.05) is 69.9 Å². The quantitative estimate of drug-likeness (QED) is 0.0368. The van der Waals surface area contributed by atoms with Gasteiger partial charge >= 0.3 is 34.0 Å². The maximum absolute atomic E-state index is 13.7. The maximum atomic E-state index is 13.7. The Kier molecular flexibility index (Phi) is 15.7. The molecule has 1 saturated heterocycles. The van der Waals surface area contributed by atoms with Crippen LogP contribution in [0.1, 0.15) is 72.2 Å². The monoisotopic (exact) mass is 1020 g/mol. The Labute approximate surface area is 410 Å². The van der Waals surface area contributed by atoms with Gasteiger partial charge in [-0.25, -0.2) is 33.9 Å². The van der Waals surface area contributed by atoms with E-state index in [1.807, 2.05) is 60.7 Å². The van der Waals surface area contributed by atoms with Crippen molar-refractivity contribution in [2.75, 3.05) is 11.9 Å².